The van der Waals surface area contributed by atoms with Crippen molar-refractivity contribution in [2.75, 3.05) is 18.1 Å². The van der Waals surface area contributed by atoms with Gasteiger partial charge in [-0.25, -0.2) is 0 Å². The predicted octanol–water partition coefficient (Wildman–Crippen LogP) is 4.65. The van der Waals surface area contributed by atoms with Crippen LogP contribution >= 0.6 is 11.8 Å². The van der Waals surface area contributed by atoms with E-state index in [2.05, 4.69) is 61.3 Å². The first kappa shape index (κ1) is 15.6. The Kier molecular flexibility index (Phi) is 9.05. The maximum absolute atomic E-state index is 3.67. The number of nitrogens with one attached hydrogen (secondary N) is 1. The van der Waals surface area contributed by atoms with Crippen molar-refractivity contribution in [1.82, 2.24) is 5.32 Å². The lowest BCUT2D eigenvalue weighted by molar-refractivity contribution is 0.482. The maximum Gasteiger partial charge on any atom is 0.0320 e. The fraction of sp³-hybridized carbons (Fsp3) is 0.625. The lowest BCUT2D eigenvalue weighted by Gasteiger charge is -2.19. The lowest BCUT2D eigenvalue weighted by atomic mass is 10.0. The van der Waals surface area contributed by atoms with Gasteiger partial charge in [0.2, 0.25) is 0 Å². The number of hydrogen-bond donors (Lipinski definition) is 1. The molecule has 18 heavy (non-hydrogen) atoms. The number of thioether (sulfide) groups is 1. The first-order valence-corrected chi connectivity index (χ1v) is 8.40. The summed E-state index contributed by atoms with van der Waals surface area (Å²) in [6, 6.07) is 11.4. The third-order valence-corrected chi connectivity index (χ3v) is 4.06. The monoisotopic (exact) mass is 265 g/mol. The zero-order chi connectivity index (χ0) is 13.1. The van der Waals surface area contributed by atoms with Crippen LogP contribution in [0.3, 0.4) is 0 Å². The summed E-state index contributed by atoms with van der Waals surface area (Å²) in [5, 5.41) is 3.67. The molecule has 0 aliphatic carbocycles. The van der Waals surface area contributed by atoms with Crippen LogP contribution in [0.1, 0.15) is 51.1 Å². The minimum Gasteiger partial charge on any atom is -0.310 e. The number of unbranched alkanes of at least 4 members (excludes halogenated alkanes) is 1. The van der Waals surface area contributed by atoms with Gasteiger partial charge in [0.05, 0.1) is 0 Å². The molecule has 1 rings (SSSR count). The molecule has 1 aromatic carbocycles. The van der Waals surface area contributed by atoms with E-state index < -0.39 is 0 Å². The molecule has 1 nitrogen and oxygen atoms in total. The fourth-order valence-electron chi connectivity index (χ4n) is 2.09. The molecule has 1 aromatic rings. The third-order valence-electron chi connectivity index (χ3n) is 3.08. The average molecular weight is 265 g/mol. The SMILES string of the molecule is CCCNC(CCCCSCC)c1ccccc1. The van der Waals surface area contributed by atoms with Crippen LogP contribution in [-0.2, 0) is 0 Å². The summed E-state index contributed by atoms with van der Waals surface area (Å²) in [5.74, 6) is 2.56. The van der Waals surface area contributed by atoms with Crippen LogP contribution in [0, 0.1) is 0 Å². The standard InChI is InChI=1S/C16H27NS/c1-3-13-17-16(12-8-9-14-18-4-2)15-10-6-5-7-11-15/h5-7,10-11,16-17H,3-4,8-9,12-14H2,1-2H3. The maximum atomic E-state index is 3.67. The van der Waals surface area contributed by atoms with Crippen molar-refractivity contribution in [3.63, 3.8) is 0 Å². The Bertz CT molecular complexity index is 286. The molecule has 0 fully saturated rings. The molecule has 0 aromatic heterocycles. The van der Waals surface area contributed by atoms with Gasteiger partial charge in [-0.3, -0.25) is 0 Å². The molecular weight excluding hydrogens is 238 g/mol. The van der Waals surface area contributed by atoms with Crippen LogP contribution < -0.4 is 5.32 Å². The van der Waals surface area contributed by atoms with Gasteiger partial charge >= 0.3 is 0 Å². The highest BCUT2D eigenvalue weighted by Gasteiger charge is 2.09. The first-order chi connectivity index (χ1) is 8.88. The molecular formula is C16H27NS. The third kappa shape index (κ3) is 6.46. The Balaban J connectivity index is 2.36. The van der Waals surface area contributed by atoms with Gasteiger partial charge in [0, 0.05) is 6.04 Å². The smallest absolute Gasteiger partial charge is 0.0320 e. The summed E-state index contributed by atoms with van der Waals surface area (Å²) in [7, 11) is 0. The second-order valence-electron chi connectivity index (χ2n) is 4.61. The molecule has 0 saturated heterocycles. The van der Waals surface area contributed by atoms with Crippen molar-refractivity contribution in [2.45, 2.75) is 45.6 Å². The molecule has 1 unspecified atom stereocenters. The Labute approximate surface area is 117 Å². The van der Waals surface area contributed by atoms with E-state index in [0.717, 1.165) is 6.54 Å². The van der Waals surface area contributed by atoms with Crippen molar-refractivity contribution >= 4 is 11.8 Å². The highest BCUT2D eigenvalue weighted by molar-refractivity contribution is 7.99. The normalized spacial score (nSPS) is 12.6. The fourth-order valence-corrected chi connectivity index (χ4v) is 2.78. The van der Waals surface area contributed by atoms with E-state index in [0.29, 0.717) is 6.04 Å². The van der Waals surface area contributed by atoms with Gasteiger partial charge in [0.25, 0.3) is 0 Å². The second-order valence-corrected chi connectivity index (χ2v) is 6.00. The van der Waals surface area contributed by atoms with Crippen molar-refractivity contribution in [3.05, 3.63) is 35.9 Å². The van der Waals surface area contributed by atoms with E-state index in [9.17, 15) is 0 Å². The van der Waals surface area contributed by atoms with Crippen LogP contribution in [0.25, 0.3) is 0 Å². The summed E-state index contributed by atoms with van der Waals surface area (Å²) >= 11 is 2.05. The summed E-state index contributed by atoms with van der Waals surface area (Å²) < 4.78 is 0. The van der Waals surface area contributed by atoms with Gasteiger partial charge in [-0.15, -0.1) is 0 Å². The molecule has 0 bridgehead atoms. The van der Waals surface area contributed by atoms with E-state index in [4.69, 9.17) is 0 Å². The van der Waals surface area contributed by atoms with Crippen LogP contribution in [0.2, 0.25) is 0 Å². The van der Waals surface area contributed by atoms with Gasteiger partial charge in [-0.1, -0.05) is 50.6 Å². The quantitative estimate of drug-likeness (QED) is 0.618. The molecule has 0 spiro atoms. The van der Waals surface area contributed by atoms with Crippen LogP contribution in [0.5, 0.6) is 0 Å². The molecule has 2 heteroatoms. The van der Waals surface area contributed by atoms with Crippen molar-refractivity contribution in [2.24, 2.45) is 0 Å². The molecule has 0 aliphatic heterocycles. The van der Waals surface area contributed by atoms with Gasteiger partial charge in [0.1, 0.15) is 0 Å². The topological polar surface area (TPSA) is 12.0 Å². The van der Waals surface area contributed by atoms with Gasteiger partial charge in [0.15, 0.2) is 0 Å². The second kappa shape index (κ2) is 10.5. The largest absolute Gasteiger partial charge is 0.310 e. The highest BCUT2D eigenvalue weighted by Crippen LogP contribution is 2.20. The molecule has 102 valence electrons. The summed E-state index contributed by atoms with van der Waals surface area (Å²) in [5.41, 5.74) is 1.44. The van der Waals surface area contributed by atoms with Crippen LogP contribution in [0.4, 0.5) is 0 Å². The summed E-state index contributed by atoms with van der Waals surface area (Å²) in [6.07, 6.45) is 5.13. The van der Waals surface area contributed by atoms with Crippen molar-refractivity contribution in [3.8, 4) is 0 Å². The minimum absolute atomic E-state index is 0.540. The molecule has 1 N–H and O–H groups in total. The van der Waals surface area contributed by atoms with Crippen LogP contribution in [-0.4, -0.2) is 18.1 Å². The Hall–Kier alpha value is -0.470. The summed E-state index contributed by atoms with van der Waals surface area (Å²) in [6.45, 7) is 5.58. The van der Waals surface area contributed by atoms with E-state index >= 15 is 0 Å². The van der Waals surface area contributed by atoms with Crippen molar-refractivity contribution in [1.29, 1.82) is 0 Å². The number of rotatable bonds is 10. The zero-order valence-electron chi connectivity index (χ0n) is 11.8. The molecule has 0 saturated carbocycles. The number of benzene rings is 1. The zero-order valence-corrected chi connectivity index (χ0v) is 12.6. The Morgan fingerprint density at radius 1 is 1.11 bits per heavy atom. The molecule has 0 amide bonds. The van der Waals surface area contributed by atoms with Gasteiger partial charge < -0.3 is 5.32 Å². The average Bonchev–Trinajstić information content (AvgIpc) is 2.43. The predicted molar refractivity (Wildman–Crippen MR) is 84.3 cm³/mol. The van der Waals surface area contributed by atoms with E-state index in [1.54, 1.807) is 0 Å². The minimum atomic E-state index is 0.540. The lowest BCUT2D eigenvalue weighted by Crippen LogP contribution is -2.22. The molecule has 0 aliphatic rings. The highest BCUT2D eigenvalue weighted by atomic mass is 32.2. The van der Waals surface area contributed by atoms with E-state index in [-0.39, 0.29) is 0 Å². The Morgan fingerprint density at radius 3 is 2.56 bits per heavy atom. The number of hydrogen-bond acceptors (Lipinski definition) is 2. The Morgan fingerprint density at radius 2 is 1.89 bits per heavy atom. The molecule has 0 heterocycles. The van der Waals surface area contributed by atoms with E-state index in [1.165, 1.54) is 42.8 Å². The van der Waals surface area contributed by atoms with Crippen LogP contribution in [0.15, 0.2) is 30.3 Å². The summed E-state index contributed by atoms with van der Waals surface area (Å²) in [4.78, 5) is 0. The first-order valence-electron chi connectivity index (χ1n) is 7.24. The van der Waals surface area contributed by atoms with Gasteiger partial charge in [-0.2, -0.15) is 11.8 Å². The molecule has 1 atom stereocenters. The van der Waals surface area contributed by atoms with Crippen molar-refractivity contribution < 1.29 is 0 Å². The van der Waals surface area contributed by atoms with E-state index in [1.807, 2.05) is 0 Å². The molecule has 0 radical (unpaired) electrons. The van der Waals surface area contributed by atoms with Gasteiger partial charge in [-0.05, 0) is 42.9 Å².